The molecule has 3 aromatic rings. The summed E-state index contributed by atoms with van der Waals surface area (Å²) in [4.78, 5) is 26.2. The number of para-hydroxylation sites is 2. The van der Waals surface area contributed by atoms with E-state index in [0.29, 0.717) is 0 Å². The minimum absolute atomic E-state index is 0.840. The summed E-state index contributed by atoms with van der Waals surface area (Å²) in [7, 11) is -3.13. The molecule has 0 amide bonds. The van der Waals surface area contributed by atoms with Crippen LogP contribution in [0, 0.1) is 0 Å². The molecule has 6 nitrogen and oxygen atoms in total. The summed E-state index contributed by atoms with van der Waals surface area (Å²) in [5.41, 5.74) is 4.75. The Bertz CT molecular complexity index is 616. The number of aromatic nitrogens is 3. The largest absolute Gasteiger partial charge is 0.761 e. The van der Waals surface area contributed by atoms with Crippen molar-refractivity contribution in [2.75, 3.05) is 0 Å². The van der Waals surface area contributed by atoms with Crippen LogP contribution < -0.4 is 0 Å². The van der Waals surface area contributed by atoms with Gasteiger partial charge in [0.25, 0.3) is 0 Å². The first-order valence-electron chi connectivity index (χ1n) is 4.92. The molecular formula is C10H9N3O3SSi. The van der Waals surface area contributed by atoms with Crippen molar-refractivity contribution in [2.24, 2.45) is 0 Å². The van der Waals surface area contributed by atoms with E-state index in [1.54, 1.807) is 11.3 Å². The van der Waals surface area contributed by atoms with Crippen LogP contribution in [0.5, 0.6) is 0 Å². The Morgan fingerprint density at radius 2 is 2.00 bits per heavy atom. The van der Waals surface area contributed by atoms with Gasteiger partial charge in [-0.3, -0.25) is 4.46 Å². The third-order valence-electron chi connectivity index (χ3n) is 2.06. The first-order valence-corrected chi connectivity index (χ1v) is 7.16. The van der Waals surface area contributed by atoms with Crippen LogP contribution in [0.25, 0.3) is 22.6 Å². The van der Waals surface area contributed by atoms with Crippen LogP contribution in [0.1, 0.15) is 0 Å². The second-order valence-electron chi connectivity index (χ2n) is 3.26. The van der Waals surface area contributed by atoms with Crippen molar-refractivity contribution < 1.29 is 14.1 Å². The molecule has 0 saturated carbocycles. The Balaban J connectivity index is 0.000000267. The van der Waals surface area contributed by atoms with Gasteiger partial charge in [-0.15, -0.1) is 11.3 Å². The molecule has 0 spiro atoms. The quantitative estimate of drug-likeness (QED) is 0.579. The number of H-pyrrole nitrogens is 1. The van der Waals surface area contributed by atoms with Gasteiger partial charge >= 0.3 is 9.17 Å². The molecule has 3 rings (SSSR count). The third kappa shape index (κ3) is 2.99. The molecule has 2 aromatic heterocycles. The summed E-state index contributed by atoms with van der Waals surface area (Å²) in [5.74, 6) is 0.840. The molecule has 0 fully saturated rings. The molecule has 0 aliphatic rings. The van der Waals surface area contributed by atoms with Crippen LogP contribution in [-0.4, -0.2) is 33.7 Å². The van der Waals surface area contributed by atoms with E-state index in [4.69, 9.17) is 14.1 Å². The van der Waals surface area contributed by atoms with Crippen LogP contribution in [0.15, 0.2) is 35.2 Å². The van der Waals surface area contributed by atoms with E-state index < -0.39 is 9.17 Å². The molecule has 2 heterocycles. The number of benzene rings is 1. The fraction of sp³-hybridized carbons (Fsp3) is 0. The van der Waals surface area contributed by atoms with Gasteiger partial charge in [-0.1, -0.05) is 12.1 Å². The minimum Gasteiger partial charge on any atom is -0.511 e. The van der Waals surface area contributed by atoms with E-state index in [9.17, 15) is 0 Å². The zero-order valence-corrected chi connectivity index (χ0v) is 10.9. The Morgan fingerprint density at radius 1 is 1.28 bits per heavy atom. The molecule has 0 radical (unpaired) electrons. The summed E-state index contributed by atoms with van der Waals surface area (Å²) in [6.07, 6.45) is 0. The van der Waals surface area contributed by atoms with Gasteiger partial charge in [0.05, 0.1) is 16.5 Å². The third-order valence-corrected chi connectivity index (χ3v) is 2.65. The van der Waals surface area contributed by atoms with Crippen LogP contribution in [-0.2, 0) is 4.46 Å². The Labute approximate surface area is 108 Å². The zero-order valence-electron chi connectivity index (χ0n) is 9.07. The molecule has 0 saturated heterocycles. The lowest BCUT2D eigenvalue weighted by atomic mass is 10.3. The Kier molecular flexibility index (Phi) is 3.80. The monoisotopic (exact) mass is 279 g/mol. The van der Waals surface area contributed by atoms with Crippen molar-refractivity contribution in [3.63, 3.8) is 0 Å². The van der Waals surface area contributed by atoms with Crippen LogP contribution in [0.4, 0.5) is 0 Å². The standard InChI is InChI=1S/C10H7N3S.H2O3Si/c1-2-4-8-7(3-1)12-10(13-8)9-5-14-6-11-9;1-4(2)3/h1-6H,(H,12,13);1-2H. The molecule has 92 valence electrons. The number of imidazole rings is 1. The van der Waals surface area contributed by atoms with Gasteiger partial charge in [0, 0.05) is 5.38 Å². The molecule has 0 unspecified atom stereocenters. The van der Waals surface area contributed by atoms with Crippen molar-refractivity contribution >= 4 is 31.5 Å². The molecule has 18 heavy (non-hydrogen) atoms. The number of rotatable bonds is 1. The van der Waals surface area contributed by atoms with Crippen molar-refractivity contribution in [2.45, 2.75) is 0 Å². The predicted molar refractivity (Wildman–Crippen MR) is 68.1 cm³/mol. The number of fused-ring (bicyclic) bond motifs is 1. The van der Waals surface area contributed by atoms with Crippen molar-refractivity contribution in [1.82, 2.24) is 15.0 Å². The molecule has 1 aromatic carbocycles. The molecular weight excluding hydrogens is 270 g/mol. The topological polar surface area (TPSA) is 99.1 Å². The SMILES string of the molecule is O=[Si](O)O.c1ccc2[nH]c(-c3cscn3)nc2c1. The minimum atomic E-state index is -3.13. The van der Waals surface area contributed by atoms with Gasteiger partial charge in [-0.05, 0) is 12.1 Å². The first kappa shape index (κ1) is 12.4. The van der Waals surface area contributed by atoms with Gasteiger partial charge in [0.1, 0.15) is 5.69 Å². The highest BCUT2D eigenvalue weighted by atomic mass is 32.1. The maximum Gasteiger partial charge on any atom is 0.761 e. The summed E-state index contributed by atoms with van der Waals surface area (Å²) in [6.45, 7) is 0. The second-order valence-corrected chi connectivity index (χ2v) is 4.54. The van der Waals surface area contributed by atoms with E-state index in [1.165, 1.54) is 0 Å². The number of thiazole rings is 1. The second kappa shape index (κ2) is 5.51. The van der Waals surface area contributed by atoms with Crippen LogP contribution in [0.2, 0.25) is 0 Å². The van der Waals surface area contributed by atoms with Crippen molar-refractivity contribution in [1.29, 1.82) is 0 Å². The highest BCUT2D eigenvalue weighted by Crippen LogP contribution is 2.19. The van der Waals surface area contributed by atoms with Crippen molar-refractivity contribution in [3.05, 3.63) is 35.2 Å². The fourth-order valence-electron chi connectivity index (χ4n) is 1.40. The average molecular weight is 279 g/mol. The van der Waals surface area contributed by atoms with Crippen LogP contribution in [0.3, 0.4) is 0 Å². The highest BCUT2D eigenvalue weighted by Gasteiger charge is 2.05. The molecule has 0 aliphatic carbocycles. The maximum absolute atomic E-state index is 8.74. The number of aromatic amines is 1. The number of hydrogen-bond donors (Lipinski definition) is 3. The molecule has 8 heteroatoms. The summed E-state index contributed by atoms with van der Waals surface area (Å²) in [6, 6.07) is 7.97. The Morgan fingerprint density at radius 3 is 2.61 bits per heavy atom. The van der Waals surface area contributed by atoms with Crippen LogP contribution >= 0.6 is 11.3 Å². The number of hydrogen-bond acceptors (Lipinski definition) is 4. The lowest BCUT2D eigenvalue weighted by Gasteiger charge is -1.84. The Hall–Kier alpha value is -2.06. The van der Waals surface area contributed by atoms with Gasteiger partial charge in [0.15, 0.2) is 5.82 Å². The summed E-state index contributed by atoms with van der Waals surface area (Å²) >= 11 is 1.57. The fourth-order valence-corrected chi connectivity index (χ4v) is 1.94. The van der Waals surface area contributed by atoms with E-state index in [2.05, 4.69) is 15.0 Å². The van der Waals surface area contributed by atoms with E-state index in [0.717, 1.165) is 22.6 Å². The van der Waals surface area contributed by atoms with Gasteiger partial charge < -0.3 is 14.6 Å². The molecule has 3 N–H and O–H groups in total. The molecule has 0 aliphatic heterocycles. The summed E-state index contributed by atoms with van der Waals surface area (Å²) < 4.78 is 8.74. The summed E-state index contributed by atoms with van der Waals surface area (Å²) in [5, 5.41) is 1.98. The zero-order chi connectivity index (χ0) is 13.0. The maximum atomic E-state index is 8.74. The molecule has 0 atom stereocenters. The van der Waals surface area contributed by atoms with E-state index in [1.807, 2.05) is 35.2 Å². The lowest BCUT2D eigenvalue weighted by Crippen LogP contribution is -1.90. The highest BCUT2D eigenvalue weighted by molar-refractivity contribution is 7.07. The normalized spacial score (nSPS) is 9.78. The van der Waals surface area contributed by atoms with Crippen molar-refractivity contribution in [3.8, 4) is 11.5 Å². The van der Waals surface area contributed by atoms with Gasteiger partial charge in [0.2, 0.25) is 0 Å². The average Bonchev–Trinajstić information content (AvgIpc) is 2.97. The number of nitrogens with zero attached hydrogens (tertiary/aromatic N) is 2. The van der Waals surface area contributed by atoms with E-state index in [-0.39, 0.29) is 0 Å². The number of nitrogens with one attached hydrogen (secondary N) is 1. The molecule has 0 bridgehead atoms. The first-order chi connectivity index (χ1) is 8.66. The lowest BCUT2D eigenvalue weighted by molar-refractivity contribution is 0.330. The smallest absolute Gasteiger partial charge is 0.511 e. The predicted octanol–water partition coefficient (Wildman–Crippen LogP) is 1.07. The van der Waals surface area contributed by atoms with Gasteiger partial charge in [-0.2, -0.15) is 0 Å². The van der Waals surface area contributed by atoms with E-state index >= 15 is 0 Å². The van der Waals surface area contributed by atoms with Gasteiger partial charge in [-0.25, -0.2) is 9.97 Å².